The van der Waals surface area contributed by atoms with Crippen LogP contribution in [0.5, 0.6) is 0 Å². The maximum atomic E-state index is 10.2. The zero-order valence-electron chi connectivity index (χ0n) is 6.92. The lowest BCUT2D eigenvalue weighted by atomic mass is 9.68. The van der Waals surface area contributed by atoms with Crippen LogP contribution >= 0.6 is 0 Å². The Balaban J connectivity index is 1.97. The Morgan fingerprint density at radius 3 is 2.82 bits per heavy atom. The van der Waals surface area contributed by atoms with Crippen molar-refractivity contribution in [2.75, 3.05) is 0 Å². The first-order valence-corrected chi connectivity index (χ1v) is 5.00. The second-order valence-corrected chi connectivity index (χ2v) is 4.90. The molecule has 0 radical (unpaired) electrons. The standard InChI is InChI=1S/C10H16O/c11-10-3-1-2-8-4-7(6-10)5-9(8)10/h7-9,11H,1-6H2/t7-,8+,9+,10-/m0/s1. The molecule has 3 rings (SSSR count). The highest BCUT2D eigenvalue weighted by Crippen LogP contribution is 2.59. The Labute approximate surface area is 67.8 Å². The summed E-state index contributed by atoms with van der Waals surface area (Å²) in [6, 6.07) is 0. The van der Waals surface area contributed by atoms with E-state index >= 15 is 0 Å². The third-order valence-electron chi connectivity index (χ3n) is 4.31. The Hall–Kier alpha value is -0.0400. The molecule has 0 saturated heterocycles. The molecular weight excluding hydrogens is 136 g/mol. The lowest BCUT2D eigenvalue weighted by Crippen LogP contribution is -2.42. The lowest BCUT2D eigenvalue weighted by molar-refractivity contribution is -0.0666. The van der Waals surface area contributed by atoms with E-state index in [1.165, 1.54) is 25.7 Å². The monoisotopic (exact) mass is 152 g/mol. The van der Waals surface area contributed by atoms with E-state index < -0.39 is 0 Å². The molecule has 0 unspecified atom stereocenters. The van der Waals surface area contributed by atoms with Gasteiger partial charge in [0.15, 0.2) is 0 Å². The van der Waals surface area contributed by atoms with Gasteiger partial charge in [-0.15, -0.1) is 0 Å². The fraction of sp³-hybridized carbons (Fsp3) is 1.00. The van der Waals surface area contributed by atoms with E-state index in [1.807, 2.05) is 0 Å². The summed E-state index contributed by atoms with van der Waals surface area (Å²) in [4.78, 5) is 0. The summed E-state index contributed by atoms with van der Waals surface area (Å²) < 4.78 is 0. The molecular formula is C10H16O. The maximum absolute atomic E-state index is 10.2. The summed E-state index contributed by atoms with van der Waals surface area (Å²) in [6.07, 6.45) is 7.71. The predicted molar refractivity (Wildman–Crippen MR) is 43.1 cm³/mol. The van der Waals surface area contributed by atoms with Crippen LogP contribution in [0.4, 0.5) is 0 Å². The minimum atomic E-state index is -0.189. The van der Waals surface area contributed by atoms with Gasteiger partial charge in [0.25, 0.3) is 0 Å². The van der Waals surface area contributed by atoms with Crippen molar-refractivity contribution >= 4 is 0 Å². The first-order valence-electron chi connectivity index (χ1n) is 5.00. The van der Waals surface area contributed by atoms with Crippen LogP contribution in [0.2, 0.25) is 0 Å². The molecule has 1 nitrogen and oxygen atoms in total. The second-order valence-electron chi connectivity index (χ2n) is 4.90. The van der Waals surface area contributed by atoms with Crippen molar-refractivity contribution in [3.63, 3.8) is 0 Å². The van der Waals surface area contributed by atoms with E-state index in [4.69, 9.17) is 0 Å². The Morgan fingerprint density at radius 2 is 2.18 bits per heavy atom. The zero-order chi connectivity index (χ0) is 7.47. The Bertz CT molecular complexity index is 189. The summed E-state index contributed by atoms with van der Waals surface area (Å²) in [5.41, 5.74) is -0.189. The molecule has 4 atom stereocenters. The van der Waals surface area contributed by atoms with Gasteiger partial charge in [0.1, 0.15) is 0 Å². The van der Waals surface area contributed by atoms with Crippen molar-refractivity contribution < 1.29 is 5.11 Å². The number of aliphatic hydroxyl groups is 1. The van der Waals surface area contributed by atoms with Crippen LogP contribution in [-0.2, 0) is 0 Å². The van der Waals surface area contributed by atoms with Crippen LogP contribution in [-0.4, -0.2) is 10.7 Å². The van der Waals surface area contributed by atoms with Crippen LogP contribution in [0, 0.1) is 17.8 Å². The molecule has 0 aromatic rings. The first-order chi connectivity index (χ1) is 5.28. The van der Waals surface area contributed by atoms with Crippen LogP contribution in [0.25, 0.3) is 0 Å². The molecule has 0 heterocycles. The fourth-order valence-corrected chi connectivity index (χ4v) is 3.99. The molecule has 3 aliphatic carbocycles. The summed E-state index contributed by atoms with van der Waals surface area (Å²) in [5, 5.41) is 10.2. The van der Waals surface area contributed by atoms with E-state index in [-0.39, 0.29) is 5.60 Å². The molecule has 0 amide bonds. The minimum Gasteiger partial charge on any atom is -0.390 e. The van der Waals surface area contributed by atoms with Gasteiger partial charge in [-0.1, -0.05) is 6.42 Å². The fourth-order valence-electron chi connectivity index (χ4n) is 3.99. The molecule has 11 heavy (non-hydrogen) atoms. The molecule has 0 aromatic heterocycles. The summed E-state index contributed by atoms with van der Waals surface area (Å²) in [5.74, 6) is 2.52. The molecule has 1 N–H and O–H groups in total. The topological polar surface area (TPSA) is 20.2 Å². The van der Waals surface area contributed by atoms with E-state index in [9.17, 15) is 5.11 Å². The Kier molecular flexibility index (Phi) is 1.07. The van der Waals surface area contributed by atoms with E-state index in [0.29, 0.717) is 5.92 Å². The van der Waals surface area contributed by atoms with Crippen LogP contribution in [0.1, 0.15) is 38.5 Å². The average Bonchev–Trinajstić information content (AvgIpc) is 2.40. The van der Waals surface area contributed by atoms with Gasteiger partial charge in [-0.2, -0.15) is 0 Å². The lowest BCUT2D eigenvalue weighted by Gasteiger charge is -2.42. The summed E-state index contributed by atoms with van der Waals surface area (Å²) >= 11 is 0. The molecule has 0 spiro atoms. The highest BCUT2D eigenvalue weighted by molar-refractivity contribution is 5.07. The molecule has 3 saturated carbocycles. The summed E-state index contributed by atoms with van der Waals surface area (Å²) in [6.45, 7) is 0. The highest BCUT2D eigenvalue weighted by atomic mass is 16.3. The molecule has 1 heteroatoms. The van der Waals surface area contributed by atoms with Crippen molar-refractivity contribution in [1.82, 2.24) is 0 Å². The zero-order valence-corrected chi connectivity index (χ0v) is 6.92. The van der Waals surface area contributed by atoms with Gasteiger partial charge in [0.05, 0.1) is 5.60 Å². The SMILES string of the molecule is O[C@]12CCC[C@@H]3C[C@@H](C[C@H]31)C2. The highest BCUT2D eigenvalue weighted by Gasteiger charge is 2.55. The van der Waals surface area contributed by atoms with E-state index in [0.717, 1.165) is 24.7 Å². The second kappa shape index (κ2) is 1.82. The largest absolute Gasteiger partial charge is 0.390 e. The van der Waals surface area contributed by atoms with E-state index in [1.54, 1.807) is 0 Å². The summed E-state index contributed by atoms with van der Waals surface area (Å²) in [7, 11) is 0. The minimum absolute atomic E-state index is 0.189. The smallest absolute Gasteiger partial charge is 0.0681 e. The molecule has 3 fully saturated rings. The molecule has 0 aromatic carbocycles. The van der Waals surface area contributed by atoms with Gasteiger partial charge in [0.2, 0.25) is 0 Å². The third kappa shape index (κ3) is 0.703. The molecule has 0 aliphatic heterocycles. The first kappa shape index (κ1) is 6.47. The van der Waals surface area contributed by atoms with Crippen molar-refractivity contribution in [2.45, 2.75) is 44.1 Å². The molecule has 2 bridgehead atoms. The van der Waals surface area contributed by atoms with Gasteiger partial charge in [-0.3, -0.25) is 0 Å². The van der Waals surface area contributed by atoms with Gasteiger partial charge < -0.3 is 5.11 Å². The van der Waals surface area contributed by atoms with Crippen molar-refractivity contribution in [3.8, 4) is 0 Å². The quantitative estimate of drug-likeness (QED) is 0.562. The Morgan fingerprint density at radius 1 is 1.27 bits per heavy atom. The number of fused-ring (bicyclic) bond motifs is 1. The van der Waals surface area contributed by atoms with Crippen LogP contribution < -0.4 is 0 Å². The number of rotatable bonds is 0. The van der Waals surface area contributed by atoms with Crippen LogP contribution in [0.3, 0.4) is 0 Å². The van der Waals surface area contributed by atoms with Gasteiger partial charge >= 0.3 is 0 Å². The normalized spacial score (nSPS) is 60.3. The van der Waals surface area contributed by atoms with Gasteiger partial charge in [-0.25, -0.2) is 0 Å². The van der Waals surface area contributed by atoms with Crippen molar-refractivity contribution in [2.24, 2.45) is 17.8 Å². The van der Waals surface area contributed by atoms with Crippen molar-refractivity contribution in [3.05, 3.63) is 0 Å². The number of hydrogen-bond acceptors (Lipinski definition) is 1. The third-order valence-corrected chi connectivity index (χ3v) is 4.31. The van der Waals surface area contributed by atoms with Crippen molar-refractivity contribution in [1.29, 1.82) is 0 Å². The van der Waals surface area contributed by atoms with Crippen LogP contribution in [0.15, 0.2) is 0 Å². The average molecular weight is 152 g/mol. The molecule has 62 valence electrons. The maximum Gasteiger partial charge on any atom is 0.0681 e. The number of hydrogen-bond donors (Lipinski definition) is 1. The predicted octanol–water partition coefficient (Wildman–Crippen LogP) is 1.95. The van der Waals surface area contributed by atoms with Gasteiger partial charge in [-0.05, 0) is 49.9 Å². The molecule has 3 aliphatic rings. The van der Waals surface area contributed by atoms with Gasteiger partial charge in [0, 0.05) is 0 Å². The van der Waals surface area contributed by atoms with E-state index in [2.05, 4.69) is 0 Å².